The van der Waals surface area contributed by atoms with Gasteiger partial charge in [-0.3, -0.25) is 0 Å². The molecule has 126 valence electrons. The van der Waals surface area contributed by atoms with Crippen LogP contribution < -0.4 is 0 Å². The van der Waals surface area contributed by atoms with E-state index >= 15 is 0 Å². The van der Waals surface area contributed by atoms with Crippen LogP contribution in [0.15, 0.2) is 18.2 Å². The molecule has 1 saturated heterocycles. The molecule has 3 atom stereocenters. The van der Waals surface area contributed by atoms with Gasteiger partial charge in [0, 0.05) is 25.1 Å². The molecule has 2 aliphatic rings. The molecule has 0 spiro atoms. The third kappa shape index (κ3) is 2.81. The average Bonchev–Trinajstić information content (AvgIpc) is 2.87. The van der Waals surface area contributed by atoms with Gasteiger partial charge in [0.05, 0.1) is 10.0 Å². The largest absolute Gasteiger partial charge is 0.444 e. The Morgan fingerprint density at radius 1 is 1.39 bits per heavy atom. The summed E-state index contributed by atoms with van der Waals surface area (Å²) in [7, 11) is 0. The number of amides is 1. The van der Waals surface area contributed by atoms with Gasteiger partial charge < -0.3 is 14.7 Å². The number of rotatable bonds is 2. The number of hydrogen-bond donors (Lipinski definition) is 1. The second-order valence-corrected chi connectivity index (χ2v) is 8.24. The molecule has 1 amide bonds. The number of carbonyl (C=O) groups is 1. The molecular formula is C17H21Cl2NO3. The lowest BCUT2D eigenvalue weighted by atomic mass is 9.93. The number of carbonyl (C=O) groups excluding carboxylic acids is 1. The summed E-state index contributed by atoms with van der Waals surface area (Å²) in [4.78, 5) is 14.0. The van der Waals surface area contributed by atoms with Crippen molar-refractivity contribution >= 4 is 29.3 Å². The number of aliphatic hydroxyl groups is 1. The fourth-order valence-corrected chi connectivity index (χ4v) is 4.11. The number of piperidine rings is 1. The van der Waals surface area contributed by atoms with E-state index in [0.717, 1.165) is 5.56 Å². The molecule has 1 aromatic rings. The molecule has 0 radical (unpaired) electrons. The van der Waals surface area contributed by atoms with Gasteiger partial charge in [0.25, 0.3) is 0 Å². The van der Waals surface area contributed by atoms with Gasteiger partial charge in [-0.1, -0.05) is 29.3 Å². The highest BCUT2D eigenvalue weighted by Gasteiger charge is 2.70. The maximum Gasteiger partial charge on any atom is 0.410 e. The van der Waals surface area contributed by atoms with Crippen LogP contribution >= 0.6 is 23.2 Å². The quantitative estimate of drug-likeness (QED) is 0.877. The zero-order valence-corrected chi connectivity index (χ0v) is 15.0. The molecule has 1 aliphatic carbocycles. The monoisotopic (exact) mass is 357 g/mol. The van der Waals surface area contributed by atoms with E-state index in [0.29, 0.717) is 23.1 Å². The third-order valence-corrected chi connectivity index (χ3v) is 5.61. The first-order valence-corrected chi connectivity index (χ1v) is 8.49. The number of nitrogens with zero attached hydrogens (tertiary/aromatic N) is 1. The molecule has 3 rings (SSSR count). The lowest BCUT2D eigenvalue weighted by molar-refractivity contribution is 0.0254. The third-order valence-electron chi connectivity index (χ3n) is 4.87. The minimum absolute atomic E-state index is 0.104. The van der Waals surface area contributed by atoms with Crippen LogP contribution in [0.5, 0.6) is 0 Å². The lowest BCUT2D eigenvalue weighted by Crippen LogP contribution is -2.39. The van der Waals surface area contributed by atoms with E-state index in [-0.39, 0.29) is 30.0 Å². The van der Waals surface area contributed by atoms with Crippen molar-refractivity contribution < 1.29 is 14.6 Å². The molecule has 1 saturated carbocycles. The Bertz CT molecular complexity index is 643. The molecule has 1 heterocycles. The molecule has 0 unspecified atom stereocenters. The lowest BCUT2D eigenvalue weighted by Gasteiger charge is -2.27. The molecule has 1 aromatic carbocycles. The first-order chi connectivity index (χ1) is 10.7. The highest BCUT2D eigenvalue weighted by atomic mass is 35.5. The normalized spacial score (nSPS) is 29.4. The molecule has 1 aliphatic heterocycles. The summed E-state index contributed by atoms with van der Waals surface area (Å²) in [5.41, 5.74) is 0.277. The van der Waals surface area contributed by atoms with Crippen molar-refractivity contribution in [1.29, 1.82) is 0 Å². The predicted molar refractivity (Wildman–Crippen MR) is 90.0 cm³/mol. The molecular weight excluding hydrogens is 337 g/mol. The van der Waals surface area contributed by atoms with Gasteiger partial charge in [0.2, 0.25) is 0 Å². The summed E-state index contributed by atoms with van der Waals surface area (Å²) < 4.78 is 5.46. The molecule has 1 N–H and O–H groups in total. The van der Waals surface area contributed by atoms with Crippen LogP contribution in [0.4, 0.5) is 4.79 Å². The number of fused-ring (bicyclic) bond motifs is 1. The number of likely N-dealkylation sites (tertiary alicyclic amines) is 1. The zero-order valence-electron chi connectivity index (χ0n) is 13.5. The molecule has 6 heteroatoms. The van der Waals surface area contributed by atoms with Crippen molar-refractivity contribution in [2.24, 2.45) is 11.8 Å². The van der Waals surface area contributed by atoms with Gasteiger partial charge in [-0.05, 0) is 50.3 Å². The van der Waals surface area contributed by atoms with E-state index < -0.39 is 5.60 Å². The number of benzene rings is 1. The molecule has 0 aromatic heterocycles. The SMILES string of the molecule is CC(C)(C)OC(=O)N1C[C@@H]2[C@@H](CO)[C@]2(c2ccc(Cl)c(Cl)c2)C1. The molecule has 0 bridgehead atoms. The van der Waals surface area contributed by atoms with Crippen LogP contribution in [0.1, 0.15) is 26.3 Å². The van der Waals surface area contributed by atoms with E-state index in [1.165, 1.54) is 0 Å². The average molecular weight is 358 g/mol. The van der Waals surface area contributed by atoms with Crippen molar-refractivity contribution in [3.63, 3.8) is 0 Å². The van der Waals surface area contributed by atoms with Crippen LogP contribution in [0.2, 0.25) is 10.0 Å². The van der Waals surface area contributed by atoms with Crippen molar-refractivity contribution in [1.82, 2.24) is 4.90 Å². The van der Waals surface area contributed by atoms with Crippen molar-refractivity contribution in [2.75, 3.05) is 19.7 Å². The topological polar surface area (TPSA) is 49.8 Å². The Hall–Kier alpha value is -0.970. The van der Waals surface area contributed by atoms with Gasteiger partial charge in [-0.15, -0.1) is 0 Å². The van der Waals surface area contributed by atoms with E-state index in [4.69, 9.17) is 27.9 Å². The Balaban J connectivity index is 1.83. The van der Waals surface area contributed by atoms with Crippen molar-refractivity contribution in [3.05, 3.63) is 33.8 Å². The van der Waals surface area contributed by atoms with Gasteiger partial charge in [-0.2, -0.15) is 0 Å². The Morgan fingerprint density at radius 3 is 2.65 bits per heavy atom. The Morgan fingerprint density at radius 2 is 2.09 bits per heavy atom. The van der Waals surface area contributed by atoms with Gasteiger partial charge in [0.15, 0.2) is 0 Å². The van der Waals surface area contributed by atoms with Crippen LogP contribution in [0.3, 0.4) is 0 Å². The summed E-state index contributed by atoms with van der Waals surface area (Å²) in [6.07, 6.45) is -0.305. The number of aliphatic hydroxyl groups excluding tert-OH is 1. The Kier molecular flexibility index (Phi) is 4.06. The summed E-state index contributed by atoms with van der Waals surface area (Å²) in [5.74, 6) is 0.385. The first-order valence-electron chi connectivity index (χ1n) is 7.73. The first kappa shape index (κ1) is 16.9. The van der Waals surface area contributed by atoms with Crippen LogP contribution in [0, 0.1) is 11.8 Å². The van der Waals surface area contributed by atoms with E-state index in [1.54, 1.807) is 11.0 Å². The van der Waals surface area contributed by atoms with E-state index in [9.17, 15) is 9.90 Å². The van der Waals surface area contributed by atoms with Crippen LogP contribution in [-0.4, -0.2) is 41.4 Å². The van der Waals surface area contributed by atoms with Crippen LogP contribution in [-0.2, 0) is 10.2 Å². The fourth-order valence-electron chi connectivity index (χ4n) is 3.81. The minimum atomic E-state index is -0.517. The highest BCUT2D eigenvalue weighted by molar-refractivity contribution is 6.42. The second-order valence-electron chi connectivity index (χ2n) is 7.43. The Labute approximate surface area is 146 Å². The highest BCUT2D eigenvalue weighted by Crippen LogP contribution is 2.64. The van der Waals surface area contributed by atoms with Crippen molar-refractivity contribution in [3.8, 4) is 0 Å². The smallest absolute Gasteiger partial charge is 0.410 e. The summed E-state index contributed by atoms with van der Waals surface area (Å²) in [6.45, 7) is 6.80. The maximum atomic E-state index is 12.3. The summed E-state index contributed by atoms with van der Waals surface area (Å²) in [5, 5.41) is 10.7. The maximum absolute atomic E-state index is 12.3. The predicted octanol–water partition coefficient (Wildman–Crippen LogP) is 3.72. The summed E-state index contributed by atoms with van der Waals surface area (Å²) in [6, 6.07) is 5.56. The molecule has 23 heavy (non-hydrogen) atoms. The molecule has 2 fully saturated rings. The van der Waals surface area contributed by atoms with Crippen molar-refractivity contribution in [2.45, 2.75) is 31.8 Å². The number of hydrogen-bond acceptors (Lipinski definition) is 3. The number of ether oxygens (including phenoxy) is 1. The summed E-state index contributed by atoms with van der Waals surface area (Å²) >= 11 is 12.2. The zero-order chi connectivity index (χ0) is 17.0. The molecule has 4 nitrogen and oxygen atoms in total. The minimum Gasteiger partial charge on any atom is -0.444 e. The fraction of sp³-hybridized carbons (Fsp3) is 0.588. The van der Waals surface area contributed by atoms with Gasteiger partial charge in [-0.25, -0.2) is 4.79 Å². The van der Waals surface area contributed by atoms with Gasteiger partial charge >= 0.3 is 6.09 Å². The van der Waals surface area contributed by atoms with E-state index in [2.05, 4.69) is 0 Å². The second kappa shape index (κ2) is 5.54. The van der Waals surface area contributed by atoms with Crippen LogP contribution in [0.25, 0.3) is 0 Å². The standard InChI is InChI=1S/C17H21Cl2NO3/c1-16(2,3)23-15(22)20-7-11-12(8-21)17(11,9-20)10-4-5-13(18)14(19)6-10/h4-6,11-12,21H,7-9H2,1-3H3/t11-,12-,17+/m1/s1. The number of halogens is 2. The van der Waals surface area contributed by atoms with Gasteiger partial charge in [0.1, 0.15) is 5.60 Å². The van der Waals surface area contributed by atoms with E-state index in [1.807, 2.05) is 32.9 Å².